The van der Waals surface area contributed by atoms with Crippen LogP contribution in [0.2, 0.25) is 0 Å². The van der Waals surface area contributed by atoms with Gasteiger partial charge in [-0.3, -0.25) is 4.79 Å². The molecular weight excluding hydrogens is 342 g/mol. The highest BCUT2D eigenvalue weighted by Crippen LogP contribution is 2.22. The smallest absolute Gasteiger partial charge is 0.312 e. The molecule has 1 unspecified atom stereocenters. The number of methoxy groups -OCH3 is 1. The number of amides is 3. The van der Waals surface area contributed by atoms with Crippen LogP contribution in [0, 0.1) is 6.92 Å². The molecule has 2 rings (SSSR count). The molecule has 27 heavy (non-hydrogen) atoms. The monoisotopic (exact) mass is 369 g/mol. The second-order valence-electron chi connectivity index (χ2n) is 6.42. The Morgan fingerprint density at radius 2 is 1.78 bits per heavy atom. The van der Waals surface area contributed by atoms with Gasteiger partial charge in [0.05, 0.1) is 19.1 Å². The molecule has 0 spiro atoms. The fourth-order valence-electron chi connectivity index (χ4n) is 2.99. The Kier molecular flexibility index (Phi) is 7.82. The average molecular weight is 369 g/mol. The normalized spacial score (nSPS) is 11.6. The topological polar surface area (TPSA) is 84.7 Å². The Morgan fingerprint density at radius 1 is 1.11 bits per heavy atom. The van der Waals surface area contributed by atoms with Gasteiger partial charge >= 0.3 is 6.03 Å². The summed E-state index contributed by atoms with van der Waals surface area (Å²) in [6.07, 6.45) is 0.129. The van der Waals surface area contributed by atoms with Gasteiger partial charge in [0.15, 0.2) is 0 Å². The summed E-state index contributed by atoms with van der Waals surface area (Å²) in [7, 11) is 1.61. The number of nitrogens with one attached hydrogen (secondary N) is 1. The summed E-state index contributed by atoms with van der Waals surface area (Å²) in [5.41, 5.74) is 8.26. The number of rotatable bonds is 9. The molecule has 0 radical (unpaired) electrons. The highest BCUT2D eigenvalue weighted by molar-refractivity contribution is 5.79. The number of aryl methyl sites for hydroxylation is 1. The van der Waals surface area contributed by atoms with E-state index in [4.69, 9.17) is 10.5 Å². The first-order valence-electron chi connectivity index (χ1n) is 8.93. The summed E-state index contributed by atoms with van der Waals surface area (Å²) < 4.78 is 5.15. The summed E-state index contributed by atoms with van der Waals surface area (Å²) in [4.78, 5) is 26.2. The Morgan fingerprint density at radius 3 is 2.41 bits per heavy atom. The van der Waals surface area contributed by atoms with Crippen molar-refractivity contribution < 1.29 is 14.3 Å². The van der Waals surface area contributed by atoms with Crippen molar-refractivity contribution in [1.82, 2.24) is 10.2 Å². The van der Waals surface area contributed by atoms with Crippen LogP contribution in [0.5, 0.6) is 0 Å². The van der Waals surface area contributed by atoms with Crippen molar-refractivity contribution >= 4 is 11.9 Å². The van der Waals surface area contributed by atoms with E-state index in [0.717, 1.165) is 16.7 Å². The number of nitrogens with zero attached hydrogens (tertiary/aromatic N) is 1. The zero-order valence-electron chi connectivity index (χ0n) is 15.9. The number of carbonyl (C=O) groups excluding carboxylic acids is 2. The van der Waals surface area contributed by atoms with Crippen molar-refractivity contribution in [1.29, 1.82) is 0 Å². The molecule has 1 atom stereocenters. The second-order valence-corrected chi connectivity index (χ2v) is 6.42. The minimum atomic E-state index is -0.650. The number of ether oxygens (including phenoxy) is 1. The average Bonchev–Trinajstić information content (AvgIpc) is 2.65. The molecule has 0 aromatic heterocycles. The quantitative estimate of drug-likeness (QED) is 0.713. The lowest BCUT2D eigenvalue weighted by atomic mass is 9.98. The van der Waals surface area contributed by atoms with Gasteiger partial charge in [-0.1, -0.05) is 54.6 Å². The SMILES string of the molecule is COCCN(Cc1ccccc1)C(=O)CC(NC(N)=O)c1ccccc1C. The molecule has 144 valence electrons. The highest BCUT2D eigenvalue weighted by atomic mass is 16.5. The third-order valence-electron chi connectivity index (χ3n) is 4.39. The van der Waals surface area contributed by atoms with E-state index in [9.17, 15) is 9.59 Å². The Balaban J connectivity index is 2.18. The lowest BCUT2D eigenvalue weighted by Gasteiger charge is -2.26. The second kappa shape index (κ2) is 10.3. The van der Waals surface area contributed by atoms with Crippen molar-refractivity contribution in [3.8, 4) is 0 Å². The number of primary amides is 1. The van der Waals surface area contributed by atoms with Crippen LogP contribution in [0.3, 0.4) is 0 Å². The lowest BCUT2D eigenvalue weighted by molar-refractivity contribution is -0.133. The third kappa shape index (κ3) is 6.42. The van der Waals surface area contributed by atoms with E-state index in [0.29, 0.717) is 19.7 Å². The number of hydrogen-bond acceptors (Lipinski definition) is 3. The summed E-state index contributed by atoms with van der Waals surface area (Å²) in [5.74, 6) is -0.0714. The number of benzene rings is 2. The summed E-state index contributed by atoms with van der Waals surface area (Å²) >= 11 is 0. The third-order valence-corrected chi connectivity index (χ3v) is 4.39. The van der Waals surface area contributed by atoms with E-state index in [-0.39, 0.29) is 12.3 Å². The molecular formula is C21H27N3O3. The van der Waals surface area contributed by atoms with Gasteiger partial charge in [0.1, 0.15) is 0 Å². The number of urea groups is 1. The van der Waals surface area contributed by atoms with Gasteiger partial charge in [0.25, 0.3) is 0 Å². The highest BCUT2D eigenvalue weighted by Gasteiger charge is 2.22. The van der Waals surface area contributed by atoms with Gasteiger partial charge in [-0.05, 0) is 23.6 Å². The molecule has 2 aromatic carbocycles. The molecule has 0 saturated carbocycles. The van der Waals surface area contributed by atoms with E-state index in [2.05, 4.69) is 5.32 Å². The van der Waals surface area contributed by atoms with Gasteiger partial charge in [-0.2, -0.15) is 0 Å². The molecule has 3 amide bonds. The Labute approximate surface area is 160 Å². The van der Waals surface area contributed by atoms with Crippen LogP contribution in [0.25, 0.3) is 0 Å². The van der Waals surface area contributed by atoms with Gasteiger partial charge in [-0.15, -0.1) is 0 Å². The molecule has 0 aliphatic heterocycles. The molecule has 0 fully saturated rings. The molecule has 6 heteroatoms. The Hall–Kier alpha value is -2.86. The molecule has 6 nitrogen and oxygen atoms in total. The van der Waals surface area contributed by atoms with E-state index < -0.39 is 12.1 Å². The van der Waals surface area contributed by atoms with E-state index in [1.165, 1.54) is 0 Å². The summed E-state index contributed by atoms with van der Waals surface area (Å²) in [5, 5.41) is 2.70. The van der Waals surface area contributed by atoms with Crippen molar-refractivity contribution in [2.45, 2.75) is 25.9 Å². The fraction of sp³-hybridized carbons (Fsp3) is 0.333. The van der Waals surface area contributed by atoms with E-state index in [1.54, 1.807) is 12.0 Å². The minimum Gasteiger partial charge on any atom is -0.383 e. The zero-order valence-corrected chi connectivity index (χ0v) is 15.9. The van der Waals surface area contributed by atoms with Gasteiger partial charge < -0.3 is 20.7 Å². The van der Waals surface area contributed by atoms with Gasteiger partial charge in [0, 0.05) is 20.2 Å². The molecule has 0 bridgehead atoms. The molecule has 0 aliphatic carbocycles. The van der Waals surface area contributed by atoms with Crippen LogP contribution in [0.1, 0.15) is 29.2 Å². The molecule has 2 aromatic rings. The van der Waals surface area contributed by atoms with Gasteiger partial charge in [-0.25, -0.2) is 4.79 Å². The van der Waals surface area contributed by atoms with Crippen LogP contribution < -0.4 is 11.1 Å². The standard InChI is InChI=1S/C21H27N3O3/c1-16-8-6-7-11-18(16)19(23-21(22)26)14-20(25)24(12-13-27-2)15-17-9-4-3-5-10-17/h3-11,19H,12-15H2,1-2H3,(H3,22,23,26). The first kappa shape index (κ1) is 20.5. The van der Waals surface area contributed by atoms with Crippen LogP contribution in [0.4, 0.5) is 4.79 Å². The van der Waals surface area contributed by atoms with Crippen LogP contribution in [-0.2, 0) is 16.1 Å². The maximum absolute atomic E-state index is 13.0. The number of hydrogen-bond donors (Lipinski definition) is 2. The molecule has 3 N–H and O–H groups in total. The summed E-state index contributed by atoms with van der Waals surface area (Å²) in [6.45, 7) is 3.35. The molecule has 0 heterocycles. The molecule has 0 aliphatic rings. The first-order chi connectivity index (χ1) is 13.0. The first-order valence-corrected chi connectivity index (χ1v) is 8.93. The predicted molar refractivity (Wildman–Crippen MR) is 105 cm³/mol. The largest absolute Gasteiger partial charge is 0.383 e. The maximum Gasteiger partial charge on any atom is 0.312 e. The number of carbonyl (C=O) groups is 2. The van der Waals surface area contributed by atoms with Gasteiger partial charge in [0.2, 0.25) is 5.91 Å². The minimum absolute atomic E-state index is 0.0714. The van der Waals surface area contributed by atoms with Crippen molar-refractivity contribution in [3.63, 3.8) is 0 Å². The number of nitrogens with two attached hydrogens (primary N) is 1. The molecule has 0 saturated heterocycles. The van der Waals surface area contributed by atoms with Crippen molar-refractivity contribution in [3.05, 3.63) is 71.3 Å². The fourth-order valence-corrected chi connectivity index (χ4v) is 2.99. The van der Waals surface area contributed by atoms with E-state index in [1.807, 2.05) is 61.5 Å². The van der Waals surface area contributed by atoms with Crippen LogP contribution >= 0.6 is 0 Å². The lowest BCUT2D eigenvalue weighted by Crippen LogP contribution is -2.39. The zero-order chi connectivity index (χ0) is 19.6. The Bertz CT molecular complexity index is 749. The van der Waals surface area contributed by atoms with Crippen LogP contribution in [0.15, 0.2) is 54.6 Å². The maximum atomic E-state index is 13.0. The summed E-state index contributed by atoms with van der Waals surface area (Å²) in [6, 6.07) is 16.3. The van der Waals surface area contributed by atoms with Crippen molar-refractivity contribution in [2.24, 2.45) is 5.73 Å². The predicted octanol–water partition coefficient (Wildman–Crippen LogP) is 2.77. The van der Waals surface area contributed by atoms with Crippen LogP contribution in [-0.4, -0.2) is 37.1 Å². The van der Waals surface area contributed by atoms with Crippen molar-refractivity contribution in [2.75, 3.05) is 20.3 Å². The van der Waals surface area contributed by atoms with E-state index >= 15 is 0 Å².